The molecule has 146 valence electrons. The third-order valence-corrected chi connectivity index (χ3v) is 5.31. The number of aromatic nitrogens is 3. The van der Waals surface area contributed by atoms with Crippen molar-refractivity contribution >= 4 is 28.1 Å². The van der Waals surface area contributed by atoms with Gasteiger partial charge in [-0.2, -0.15) is 0 Å². The van der Waals surface area contributed by atoms with Crippen molar-refractivity contribution in [2.75, 3.05) is 11.1 Å². The zero-order valence-corrected chi connectivity index (χ0v) is 16.9. The second-order valence-electron chi connectivity index (χ2n) is 7.13. The van der Waals surface area contributed by atoms with Crippen LogP contribution in [-0.2, 0) is 5.60 Å². The van der Waals surface area contributed by atoms with Gasteiger partial charge >= 0.3 is 0 Å². The second kappa shape index (κ2) is 7.62. The van der Waals surface area contributed by atoms with Gasteiger partial charge < -0.3 is 16.2 Å². The first-order valence-electron chi connectivity index (χ1n) is 9.15. The Kier molecular flexibility index (Phi) is 5.00. The summed E-state index contributed by atoms with van der Waals surface area (Å²) in [7, 11) is 0. The molecule has 0 bridgehead atoms. The number of rotatable bonds is 5. The SMILES string of the molecule is CC(C)(O)c1cccc(Nc2nccc(-c3sc(N)nc3-c3ccccc3)n2)c1. The summed E-state index contributed by atoms with van der Waals surface area (Å²) in [5.74, 6) is 0.460. The molecule has 0 aliphatic carbocycles. The minimum Gasteiger partial charge on any atom is -0.386 e. The zero-order chi connectivity index (χ0) is 20.4. The van der Waals surface area contributed by atoms with Crippen molar-refractivity contribution in [2.45, 2.75) is 19.4 Å². The number of hydrogen-bond acceptors (Lipinski definition) is 7. The molecule has 0 spiro atoms. The Morgan fingerprint density at radius 2 is 1.79 bits per heavy atom. The fourth-order valence-electron chi connectivity index (χ4n) is 2.95. The Bertz CT molecular complexity index is 1140. The lowest BCUT2D eigenvalue weighted by atomic mass is 9.98. The first-order chi connectivity index (χ1) is 13.9. The molecule has 0 atom stereocenters. The molecule has 0 radical (unpaired) electrons. The van der Waals surface area contributed by atoms with E-state index in [1.165, 1.54) is 11.3 Å². The van der Waals surface area contributed by atoms with Gasteiger partial charge in [-0.25, -0.2) is 15.0 Å². The topological polar surface area (TPSA) is 97.0 Å². The summed E-state index contributed by atoms with van der Waals surface area (Å²) >= 11 is 1.40. The predicted molar refractivity (Wildman–Crippen MR) is 118 cm³/mol. The third kappa shape index (κ3) is 4.26. The Hall–Kier alpha value is -3.29. The molecule has 4 aromatic rings. The van der Waals surface area contributed by atoms with Crippen LogP contribution in [0.1, 0.15) is 19.4 Å². The zero-order valence-electron chi connectivity index (χ0n) is 16.1. The van der Waals surface area contributed by atoms with E-state index < -0.39 is 5.60 Å². The van der Waals surface area contributed by atoms with Gasteiger partial charge in [-0.05, 0) is 37.6 Å². The van der Waals surface area contributed by atoms with E-state index >= 15 is 0 Å². The highest BCUT2D eigenvalue weighted by Crippen LogP contribution is 2.37. The van der Waals surface area contributed by atoms with E-state index in [4.69, 9.17) is 5.73 Å². The molecule has 0 aliphatic heterocycles. The summed E-state index contributed by atoms with van der Waals surface area (Å²) in [5.41, 5.74) is 9.22. The van der Waals surface area contributed by atoms with Crippen LogP contribution in [-0.4, -0.2) is 20.1 Å². The molecule has 29 heavy (non-hydrogen) atoms. The molecule has 4 rings (SSSR count). The van der Waals surface area contributed by atoms with Gasteiger partial charge in [0, 0.05) is 17.4 Å². The highest BCUT2D eigenvalue weighted by molar-refractivity contribution is 7.19. The van der Waals surface area contributed by atoms with E-state index in [0.717, 1.165) is 33.1 Å². The Morgan fingerprint density at radius 3 is 2.55 bits per heavy atom. The number of benzene rings is 2. The van der Waals surface area contributed by atoms with Crippen molar-refractivity contribution in [3.8, 4) is 21.8 Å². The molecule has 0 aliphatic rings. The van der Waals surface area contributed by atoms with Crippen molar-refractivity contribution in [3.05, 3.63) is 72.4 Å². The van der Waals surface area contributed by atoms with Gasteiger partial charge in [0.05, 0.1) is 21.9 Å². The van der Waals surface area contributed by atoms with Crippen molar-refractivity contribution in [1.29, 1.82) is 0 Å². The Balaban J connectivity index is 1.68. The van der Waals surface area contributed by atoms with Gasteiger partial charge in [0.2, 0.25) is 5.95 Å². The van der Waals surface area contributed by atoms with E-state index in [1.807, 2.05) is 60.7 Å². The van der Waals surface area contributed by atoms with Crippen LogP contribution in [0, 0.1) is 0 Å². The van der Waals surface area contributed by atoms with E-state index in [9.17, 15) is 5.11 Å². The summed E-state index contributed by atoms with van der Waals surface area (Å²) in [6.45, 7) is 3.51. The van der Waals surface area contributed by atoms with Crippen LogP contribution in [0.25, 0.3) is 21.8 Å². The number of hydrogen-bond donors (Lipinski definition) is 3. The Labute approximate surface area is 173 Å². The number of thiazole rings is 1. The molecular weight excluding hydrogens is 382 g/mol. The molecule has 0 saturated heterocycles. The lowest BCUT2D eigenvalue weighted by molar-refractivity contribution is 0.0786. The van der Waals surface area contributed by atoms with Crippen molar-refractivity contribution < 1.29 is 5.11 Å². The van der Waals surface area contributed by atoms with Crippen molar-refractivity contribution in [1.82, 2.24) is 15.0 Å². The summed E-state index contributed by atoms with van der Waals surface area (Å²) < 4.78 is 0. The lowest BCUT2D eigenvalue weighted by Crippen LogP contribution is -2.15. The summed E-state index contributed by atoms with van der Waals surface area (Å²) in [6.07, 6.45) is 1.70. The molecule has 6 nitrogen and oxygen atoms in total. The normalized spacial score (nSPS) is 11.4. The van der Waals surface area contributed by atoms with Gasteiger partial charge in [-0.1, -0.05) is 53.8 Å². The van der Waals surface area contributed by atoms with Crippen LogP contribution < -0.4 is 11.1 Å². The summed E-state index contributed by atoms with van der Waals surface area (Å²) in [5, 5.41) is 13.9. The number of nitrogens with one attached hydrogen (secondary N) is 1. The number of nitrogens with zero attached hydrogens (tertiary/aromatic N) is 3. The van der Waals surface area contributed by atoms with Crippen LogP contribution in [0.3, 0.4) is 0 Å². The highest BCUT2D eigenvalue weighted by Gasteiger charge is 2.17. The standard InChI is InChI=1S/C22H21N5OS/c1-22(2,28)15-9-6-10-16(13-15)25-21-24-12-11-17(26-21)19-18(27-20(23)29-19)14-7-4-3-5-8-14/h3-13,28H,1-2H3,(H2,23,27)(H,24,25,26). The molecule has 0 unspecified atom stereocenters. The minimum absolute atomic E-state index is 0.460. The molecule has 0 fully saturated rings. The second-order valence-corrected chi connectivity index (χ2v) is 8.16. The average Bonchev–Trinajstić information content (AvgIpc) is 3.10. The predicted octanol–water partition coefficient (Wildman–Crippen LogP) is 4.82. The average molecular weight is 404 g/mol. The van der Waals surface area contributed by atoms with Crippen LogP contribution in [0.4, 0.5) is 16.8 Å². The molecule has 7 heteroatoms. The highest BCUT2D eigenvalue weighted by atomic mass is 32.1. The molecule has 0 saturated carbocycles. The first kappa shape index (κ1) is 19.0. The van der Waals surface area contributed by atoms with Gasteiger partial charge in [0.25, 0.3) is 0 Å². The molecule has 2 heterocycles. The van der Waals surface area contributed by atoms with Crippen LogP contribution in [0.5, 0.6) is 0 Å². The van der Waals surface area contributed by atoms with E-state index in [2.05, 4.69) is 20.3 Å². The van der Waals surface area contributed by atoms with E-state index in [1.54, 1.807) is 20.0 Å². The minimum atomic E-state index is -0.925. The summed E-state index contributed by atoms with van der Waals surface area (Å²) in [6, 6.07) is 19.3. The monoisotopic (exact) mass is 403 g/mol. The molecule has 0 amide bonds. The lowest BCUT2D eigenvalue weighted by Gasteiger charge is -2.18. The van der Waals surface area contributed by atoms with Crippen LogP contribution >= 0.6 is 11.3 Å². The smallest absolute Gasteiger partial charge is 0.227 e. The van der Waals surface area contributed by atoms with Gasteiger partial charge in [0.15, 0.2) is 5.13 Å². The maximum absolute atomic E-state index is 10.2. The first-order valence-corrected chi connectivity index (χ1v) is 9.97. The third-order valence-electron chi connectivity index (χ3n) is 4.40. The molecular formula is C22H21N5OS. The summed E-state index contributed by atoms with van der Waals surface area (Å²) in [4.78, 5) is 14.4. The fraction of sp³-hybridized carbons (Fsp3) is 0.136. The van der Waals surface area contributed by atoms with Gasteiger partial charge in [-0.15, -0.1) is 0 Å². The number of anilines is 3. The van der Waals surface area contributed by atoms with Gasteiger partial charge in [0.1, 0.15) is 0 Å². The molecule has 4 N–H and O–H groups in total. The van der Waals surface area contributed by atoms with Gasteiger partial charge in [-0.3, -0.25) is 0 Å². The van der Waals surface area contributed by atoms with Crippen molar-refractivity contribution in [2.24, 2.45) is 0 Å². The van der Waals surface area contributed by atoms with E-state index in [-0.39, 0.29) is 0 Å². The molecule has 2 aromatic heterocycles. The van der Waals surface area contributed by atoms with Crippen molar-refractivity contribution in [3.63, 3.8) is 0 Å². The molecule has 2 aromatic carbocycles. The number of aliphatic hydroxyl groups is 1. The Morgan fingerprint density at radius 1 is 1.00 bits per heavy atom. The van der Waals surface area contributed by atoms with Crippen LogP contribution in [0.2, 0.25) is 0 Å². The fourth-order valence-corrected chi connectivity index (χ4v) is 3.78. The van der Waals surface area contributed by atoms with E-state index in [0.29, 0.717) is 11.1 Å². The largest absolute Gasteiger partial charge is 0.386 e. The quantitative estimate of drug-likeness (QED) is 0.442. The maximum Gasteiger partial charge on any atom is 0.227 e. The number of nitrogen functional groups attached to an aromatic ring is 1. The maximum atomic E-state index is 10.2. The van der Waals surface area contributed by atoms with Crippen LogP contribution in [0.15, 0.2) is 66.9 Å². The number of nitrogens with two attached hydrogens (primary N) is 1.